The molecule has 6 aromatic rings. The van der Waals surface area contributed by atoms with Crippen molar-refractivity contribution in [2.75, 3.05) is 74.2 Å². The third-order valence-corrected chi connectivity index (χ3v) is 24.8. The number of nitrogens with one attached hydrogen (secondary N) is 2. The summed E-state index contributed by atoms with van der Waals surface area (Å²) in [5, 5.41) is 63.2. The highest BCUT2D eigenvalue weighted by molar-refractivity contribution is 7.51. The first-order valence-electron chi connectivity index (χ1n) is 38.3. The number of benzene rings is 3. The number of thiazole rings is 1. The van der Waals surface area contributed by atoms with E-state index in [1.807, 2.05) is 65.0 Å². The summed E-state index contributed by atoms with van der Waals surface area (Å²) in [5.41, 5.74) is 4.83. The number of aromatic nitrogens is 4. The predicted octanol–water partition coefficient (Wildman–Crippen LogP) is 9.13. The maximum absolute atomic E-state index is 13.9. The largest absolute Gasteiger partial charge is 0.479 e. The monoisotopic (exact) mass is 1580 g/mol. The molecule has 0 radical (unpaired) electrons. The highest BCUT2D eigenvalue weighted by Gasteiger charge is 2.66. The summed E-state index contributed by atoms with van der Waals surface area (Å²) in [7, 11) is -4.31. The standard InChI is InChI=1S/C80H97N10O20PS/c1-49-56(54-22-24-62(84-66(54)72(99)100)88-32-27-51-14-9-17-55(57(51)41-88)71(98)85-75-83-58-18-6-7-19-61(58)112-75)40-81-90(49)48-79-43-77(2)42-78(3,44-79)46-80(45-77,47-79)108-37-35-86(30-12-38-111(104,105)106)52-28-33-87(34-29-52)76(103)107-36-11-13-50-21-23-60(109-74-69(97)67(95)68(96)70(110-74)73(101)102)59(39-50)82-63(92)20-10-16-53(91)15-5-4-8-31-89-64(93)25-26-65(89)94/h6-7,9,11,13-14,17-19,21-26,39-40,52,67-70,74,95-97H,4-5,8,10,12,15-16,20,27-38,41-48H2,1-3H3,(H,82,92)(H,99,100)(H,101,102)(H,83,85,98)(H2,104,105,106)/b13-11+/t67-,68-,69+,70-,74+,77?,78?,79?,80?/m0/s1. The molecule has 3 aromatic carbocycles. The van der Waals surface area contributed by atoms with E-state index in [1.165, 1.54) is 35.6 Å². The fourth-order valence-corrected chi connectivity index (χ4v) is 20.3. The Hall–Kier alpha value is -9.14. The molecule has 3 aromatic heterocycles. The highest BCUT2D eigenvalue weighted by Crippen LogP contribution is 2.72. The van der Waals surface area contributed by atoms with Gasteiger partial charge in [0.15, 0.2) is 16.9 Å². The van der Waals surface area contributed by atoms with Crippen molar-refractivity contribution in [1.29, 1.82) is 0 Å². The van der Waals surface area contributed by atoms with Gasteiger partial charge in [-0.1, -0.05) is 68.0 Å². The lowest BCUT2D eigenvalue weighted by molar-refractivity contribution is -0.271. The molecule has 32 heteroatoms. The molecule has 14 rings (SSSR count). The maximum Gasteiger partial charge on any atom is 0.410 e. The minimum atomic E-state index is -4.31. The van der Waals surface area contributed by atoms with Crippen molar-refractivity contribution in [2.45, 2.75) is 185 Å². The van der Waals surface area contributed by atoms with E-state index in [1.54, 1.807) is 35.4 Å². The second kappa shape index (κ2) is 33.9. The predicted molar refractivity (Wildman–Crippen MR) is 412 cm³/mol. The molecule has 598 valence electrons. The first-order valence-corrected chi connectivity index (χ1v) is 40.9. The van der Waals surface area contributed by atoms with Crippen molar-refractivity contribution in [3.63, 3.8) is 0 Å². The Kier molecular flexibility index (Phi) is 24.5. The van der Waals surface area contributed by atoms with Crippen LogP contribution in [0.3, 0.4) is 0 Å². The number of pyridine rings is 1. The zero-order valence-electron chi connectivity index (χ0n) is 62.9. The molecule has 2 unspecified atom stereocenters. The van der Waals surface area contributed by atoms with Crippen LogP contribution in [0.2, 0.25) is 0 Å². The molecule has 4 aliphatic heterocycles. The third kappa shape index (κ3) is 18.9. The van der Waals surface area contributed by atoms with Crippen LogP contribution in [0.5, 0.6) is 5.75 Å². The number of carboxylic acids is 2. The van der Waals surface area contributed by atoms with E-state index in [9.17, 15) is 78.2 Å². The molecule has 8 aliphatic rings. The number of nitrogens with zero attached hydrogens (tertiary/aromatic N) is 8. The van der Waals surface area contributed by atoms with Crippen molar-refractivity contribution in [3.05, 3.63) is 131 Å². The minimum absolute atomic E-state index is 0.0321. The fraction of sp³-hybridized carbons (Fsp3) is 0.512. The summed E-state index contributed by atoms with van der Waals surface area (Å²) in [4.78, 5) is 139. The number of imide groups is 1. The molecule has 112 heavy (non-hydrogen) atoms. The van der Waals surface area contributed by atoms with Crippen LogP contribution in [0.4, 0.5) is 21.4 Å². The van der Waals surface area contributed by atoms with E-state index in [0.717, 1.165) is 70.5 Å². The summed E-state index contributed by atoms with van der Waals surface area (Å²) in [6, 6.07) is 21.5. The van der Waals surface area contributed by atoms with Crippen LogP contribution in [-0.2, 0) is 62.3 Å². The van der Waals surface area contributed by atoms with E-state index in [0.29, 0.717) is 124 Å². The lowest BCUT2D eigenvalue weighted by Gasteiger charge is -2.69. The molecule has 4 aliphatic carbocycles. The van der Waals surface area contributed by atoms with E-state index in [4.69, 9.17) is 29.0 Å². The number of aliphatic hydroxyl groups is 3. The fourth-order valence-electron chi connectivity index (χ4n) is 18.9. The molecule has 7 atom stereocenters. The van der Waals surface area contributed by atoms with Gasteiger partial charge in [-0.15, -0.1) is 0 Å². The Balaban J connectivity index is 0.611. The van der Waals surface area contributed by atoms with Crippen molar-refractivity contribution in [2.24, 2.45) is 16.2 Å². The zero-order valence-corrected chi connectivity index (χ0v) is 64.7. The Morgan fingerprint density at radius 3 is 2.27 bits per heavy atom. The number of aliphatic carboxylic acids is 1. The molecule has 7 heterocycles. The van der Waals surface area contributed by atoms with Gasteiger partial charge in [-0.2, -0.15) is 5.10 Å². The molecule has 2 saturated heterocycles. The molecule has 4 saturated carbocycles. The number of para-hydroxylation sites is 1. The van der Waals surface area contributed by atoms with Crippen LogP contribution in [0.15, 0.2) is 97.2 Å². The van der Waals surface area contributed by atoms with Gasteiger partial charge < -0.3 is 69.4 Å². The van der Waals surface area contributed by atoms with Gasteiger partial charge in [-0.3, -0.25) is 48.3 Å². The summed E-state index contributed by atoms with van der Waals surface area (Å²) >= 11 is 1.40. The van der Waals surface area contributed by atoms with Crippen molar-refractivity contribution in [3.8, 4) is 16.9 Å². The van der Waals surface area contributed by atoms with Crippen molar-refractivity contribution >= 4 is 99.3 Å². The average Bonchev–Trinajstić information content (AvgIpc) is 0.780. The van der Waals surface area contributed by atoms with Gasteiger partial charge in [0.25, 0.3) is 17.7 Å². The quantitative estimate of drug-likeness (QED) is 0.0105. The SMILES string of the molecule is Cc1c(-c2ccc(N3CCc4cccc(C(=O)Nc5nc6ccccc6s5)c4C3)nc2C(=O)O)cnn1CC12CC3(C)CC(C)(C1)CC(OCCN(CCCP(=O)(O)O)C1CCN(C(=O)OC/C=C/c4ccc(O[C@@H]5O[C@H](C(=O)O)[C@@H](O)[C@H](O)[C@H]5O)c(NC(=O)CCCC(=O)CCCCCN5C(=O)C=CC5=O)c4)CC1)(C3)C2. The summed E-state index contributed by atoms with van der Waals surface area (Å²) < 4.78 is 39.3. The zero-order chi connectivity index (χ0) is 79.4. The number of aromatic carboxylic acids is 1. The van der Waals surface area contributed by atoms with Gasteiger partial charge >= 0.3 is 25.6 Å². The van der Waals surface area contributed by atoms with Crippen LogP contribution in [0.25, 0.3) is 27.4 Å². The Labute approximate surface area is 651 Å². The van der Waals surface area contributed by atoms with Gasteiger partial charge in [0, 0.05) is 106 Å². The number of fused-ring (bicyclic) bond motifs is 2. The smallest absolute Gasteiger partial charge is 0.410 e. The van der Waals surface area contributed by atoms with Crippen LogP contribution < -0.4 is 20.3 Å². The van der Waals surface area contributed by atoms with Crippen LogP contribution in [0.1, 0.15) is 160 Å². The molecule has 9 N–H and O–H groups in total. The number of carboxylic acid groups (broad SMARTS) is 2. The number of carbonyl (C=O) groups excluding carboxylic acids is 6. The lowest BCUT2D eigenvalue weighted by Crippen LogP contribution is -2.64. The number of likely N-dealkylation sites (tertiary alicyclic amines) is 1. The van der Waals surface area contributed by atoms with Crippen LogP contribution >= 0.6 is 18.9 Å². The molecule has 30 nitrogen and oxygen atoms in total. The summed E-state index contributed by atoms with van der Waals surface area (Å²) in [6.45, 7) is 10.3. The number of carbonyl (C=O) groups is 8. The van der Waals surface area contributed by atoms with Crippen LogP contribution in [0, 0.1) is 23.2 Å². The molecule has 4 bridgehead atoms. The number of Topliss-reactive ketones (excluding diaryl/α,β-unsaturated/α-hetero) is 1. The van der Waals surface area contributed by atoms with E-state index < -0.39 is 67.8 Å². The number of unbranched alkanes of at least 4 members (excludes halogenated alkanes) is 2. The second-order valence-electron chi connectivity index (χ2n) is 31.9. The van der Waals surface area contributed by atoms with Crippen molar-refractivity contribution in [1.82, 2.24) is 34.4 Å². The first kappa shape index (κ1) is 80.9. The van der Waals surface area contributed by atoms with Crippen LogP contribution in [-0.4, -0.2) is 218 Å². The third-order valence-electron chi connectivity index (χ3n) is 22.9. The molecular weight excluding hydrogens is 1480 g/mol. The Morgan fingerprint density at radius 2 is 1.54 bits per heavy atom. The molecule has 0 spiro atoms. The molecular formula is C80H97N10O20PS. The number of piperidine rings is 1. The van der Waals surface area contributed by atoms with Gasteiger partial charge in [0.05, 0.1) is 40.5 Å². The number of ketones is 1. The Morgan fingerprint density at radius 1 is 0.786 bits per heavy atom. The number of ether oxygens (including phenoxy) is 4. The lowest BCUT2D eigenvalue weighted by atomic mass is 9.39. The number of aliphatic hydroxyl groups excluding tert-OH is 3. The summed E-state index contributed by atoms with van der Waals surface area (Å²) in [6.07, 6.45) is 6.51. The normalized spacial score (nSPS) is 25.0. The Bertz CT molecular complexity index is 4620. The number of amides is 5. The van der Waals surface area contributed by atoms with Crippen molar-refractivity contribution < 1.29 is 97.2 Å². The van der Waals surface area contributed by atoms with E-state index in [-0.39, 0.29) is 114 Å². The maximum atomic E-state index is 13.9. The number of rotatable bonds is 33. The van der Waals surface area contributed by atoms with Gasteiger partial charge in [-0.25, -0.2) is 24.4 Å². The first-order chi connectivity index (χ1) is 53.4. The van der Waals surface area contributed by atoms with E-state index in [2.05, 4.69) is 34.4 Å². The van der Waals surface area contributed by atoms with Gasteiger partial charge in [-0.05, 0) is 178 Å². The van der Waals surface area contributed by atoms with E-state index >= 15 is 0 Å². The molecule has 5 amide bonds. The number of anilines is 3. The highest BCUT2D eigenvalue weighted by atomic mass is 32.1. The number of hydrogen-bond donors (Lipinski definition) is 9. The average molecular weight is 1580 g/mol. The number of hydrogen-bond acceptors (Lipinski definition) is 22. The van der Waals surface area contributed by atoms with Gasteiger partial charge in [0.1, 0.15) is 42.3 Å². The molecule has 6 fully saturated rings. The van der Waals surface area contributed by atoms with Gasteiger partial charge in [0.2, 0.25) is 12.2 Å². The topological polar surface area (TPSA) is 413 Å². The summed E-state index contributed by atoms with van der Waals surface area (Å²) in [5.74, 6) is -4.03. The minimum Gasteiger partial charge on any atom is -0.479 e. The second-order valence-corrected chi connectivity index (χ2v) is 34.7.